The van der Waals surface area contributed by atoms with Gasteiger partial charge in [-0.3, -0.25) is 0 Å². The number of fused-ring (bicyclic) bond motifs is 18. The van der Waals surface area contributed by atoms with Gasteiger partial charge >= 0.3 is 0 Å². The third-order valence-corrected chi connectivity index (χ3v) is 24.7. The molecule has 0 amide bonds. The molecule has 4 heterocycles. The van der Waals surface area contributed by atoms with Crippen LogP contribution in [0.2, 0.25) is 0 Å². The second-order valence-electron chi connectivity index (χ2n) is 31.4. The first kappa shape index (κ1) is 68.4. The Morgan fingerprint density at radius 3 is 1.05 bits per heavy atom. The summed E-state index contributed by atoms with van der Waals surface area (Å²) in [7, 11) is 0. The Labute approximate surface area is 692 Å². The van der Waals surface area contributed by atoms with Gasteiger partial charge in [-0.15, -0.1) is 0 Å². The van der Waals surface area contributed by atoms with Crippen molar-refractivity contribution in [3.8, 4) is 78.1 Å². The second kappa shape index (κ2) is 27.9. The van der Waals surface area contributed by atoms with Crippen molar-refractivity contribution in [2.75, 3.05) is 9.80 Å². The van der Waals surface area contributed by atoms with Gasteiger partial charge in [0, 0.05) is 88.5 Å². The highest BCUT2D eigenvalue weighted by molar-refractivity contribution is 6.27. The number of furan rings is 2. The van der Waals surface area contributed by atoms with Gasteiger partial charge in [0.15, 0.2) is 0 Å². The molecule has 24 aromatic rings. The lowest BCUT2D eigenvalue weighted by atomic mass is 9.91. The van der Waals surface area contributed by atoms with Gasteiger partial charge in [-0.05, 0) is 245 Å². The molecule has 0 spiro atoms. The lowest BCUT2D eigenvalue weighted by Crippen LogP contribution is -2.11. The van der Waals surface area contributed by atoms with Crippen molar-refractivity contribution in [2.45, 2.75) is 0 Å². The Morgan fingerprint density at radius 2 is 0.508 bits per heavy atom. The van der Waals surface area contributed by atoms with Crippen LogP contribution in [0.3, 0.4) is 0 Å². The van der Waals surface area contributed by atoms with Gasteiger partial charge in [-0.2, -0.15) is 0 Å². The van der Waals surface area contributed by atoms with E-state index in [-0.39, 0.29) is 0 Å². The highest BCUT2D eigenvalue weighted by atomic mass is 16.3. The zero-order valence-corrected chi connectivity index (χ0v) is 65.2. The van der Waals surface area contributed by atoms with E-state index in [4.69, 9.17) is 8.83 Å². The van der Waals surface area contributed by atoms with E-state index in [0.717, 1.165) is 156 Å². The monoisotopic (exact) mass is 1530 g/mol. The summed E-state index contributed by atoms with van der Waals surface area (Å²) in [5.74, 6) is 0. The highest BCUT2D eigenvalue weighted by Crippen LogP contribution is 2.49. The van der Waals surface area contributed by atoms with Crippen molar-refractivity contribution in [1.29, 1.82) is 0 Å². The number of hydrogen-bond donors (Lipinski definition) is 0. The first-order chi connectivity index (χ1) is 59.5. The Hall–Kier alpha value is -16.0. The second-order valence-corrected chi connectivity index (χ2v) is 31.4. The molecule has 0 aliphatic heterocycles. The van der Waals surface area contributed by atoms with Crippen LogP contribution in [0.15, 0.2) is 446 Å². The summed E-state index contributed by atoms with van der Waals surface area (Å²) in [5, 5.41) is 16.5. The van der Waals surface area contributed by atoms with Gasteiger partial charge in [-0.25, -0.2) is 0 Å². The van der Waals surface area contributed by atoms with Crippen LogP contribution in [-0.4, -0.2) is 9.13 Å². The van der Waals surface area contributed by atoms with Crippen molar-refractivity contribution in [3.05, 3.63) is 437 Å². The molecule has 0 aliphatic rings. The lowest BCUT2D eigenvalue weighted by Gasteiger charge is -2.28. The molecule has 24 rings (SSSR count). The maximum absolute atomic E-state index is 6.98. The Balaban J connectivity index is 0.571. The molecule has 0 aliphatic carbocycles. The van der Waals surface area contributed by atoms with Crippen molar-refractivity contribution < 1.29 is 8.83 Å². The van der Waals surface area contributed by atoms with E-state index < -0.39 is 0 Å². The van der Waals surface area contributed by atoms with Crippen molar-refractivity contribution >= 4 is 154 Å². The minimum atomic E-state index is 0.837. The molecule has 6 nitrogen and oxygen atoms in total. The van der Waals surface area contributed by atoms with Crippen LogP contribution in [0, 0.1) is 0 Å². The molecule has 6 heteroatoms. The zero-order chi connectivity index (χ0) is 78.9. The maximum atomic E-state index is 6.98. The number of benzene rings is 20. The van der Waals surface area contributed by atoms with Crippen LogP contribution >= 0.6 is 0 Å². The molecule has 0 unspecified atom stereocenters. The Bertz CT molecular complexity index is 8080. The number of hydrogen-bond acceptors (Lipinski definition) is 4. The minimum Gasteiger partial charge on any atom is -0.456 e. The smallest absolute Gasteiger partial charge is 0.136 e. The Morgan fingerprint density at radius 1 is 0.167 bits per heavy atom. The van der Waals surface area contributed by atoms with E-state index in [9.17, 15) is 0 Å². The SMILES string of the molecule is c1ccc(-c2ccccc2N(c2ccc(-c3ccc(-n4c5ccccc5c5ccccc54)cc3)cc2)c2cccc(-c3cccc4oc5cc(-c6ccc7c8ccc(N(c9ccc(-c%10ccc(-n%11c%12ccccc%12c%12ccccc%12%11)cc%10)cc9)c9cccc(-c%10cccc%11oc%12ccccc%12c%10%11)c9)cc8c8ccccc8c7c6)ccc5c34)c2)cc1. The Kier molecular flexibility index (Phi) is 15.9. The predicted molar refractivity (Wildman–Crippen MR) is 504 cm³/mol. The van der Waals surface area contributed by atoms with E-state index in [2.05, 4.69) is 450 Å². The van der Waals surface area contributed by atoms with E-state index in [1.54, 1.807) is 0 Å². The van der Waals surface area contributed by atoms with Crippen LogP contribution in [-0.2, 0) is 0 Å². The van der Waals surface area contributed by atoms with Gasteiger partial charge in [0.25, 0.3) is 0 Å². The molecule has 120 heavy (non-hydrogen) atoms. The summed E-state index contributed by atoms with van der Waals surface area (Å²) in [6, 6.07) is 159. The van der Waals surface area contributed by atoms with Crippen LogP contribution in [0.1, 0.15) is 0 Å². The minimum absolute atomic E-state index is 0.837. The molecule has 0 N–H and O–H groups in total. The lowest BCUT2D eigenvalue weighted by molar-refractivity contribution is 0.668. The molecular weight excluding hydrogens is 1460 g/mol. The van der Waals surface area contributed by atoms with Gasteiger partial charge in [-0.1, -0.05) is 285 Å². The summed E-state index contributed by atoms with van der Waals surface area (Å²) >= 11 is 0. The number of rotatable bonds is 14. The normalized spacial score (nSPS) is 11.8. The fraction of sp³-hybridized carbons (Fsp3) is 0. The number of para-hydroxylation sites is 6. The fourth-order valence-electron chi connectivity index (χ4n) is 19.2. The third-order valence-electron chi connectivity index (χ3n) is 24.7. The summed E-state index contributed by atoms with van der Waals surface area (Å²) in [6.45, 7) is 0. The molecule has 20 aromatic carbocycles. The zero-order valence-electron chi connectivity index (χ0n) is 65.2. The molecule has 0 bridgehead atoms. The largest absolute Gasteiger partial charge is 0.456 e. The molecule has 0 saturated heterocycles. The average molecular weight is 1530 g/mol. The summed E-state index contributed by atoms with van der Waals surface area (Å²) in [4.78, 5) is 4.82. The summed E-state index contributed by atoms with van der Waals surface area (Å²) in [5.41, 5.74) is 30.3. The third kappa shape index (κ3) is 11.3. The number of nitrogens with zero attached hydrogens (tertiary/aromatic N) is 4. The van der Waals surface area contributed by atoms with Crippen LogP contribution < -0.4 is 9.80 Å². The molecule has 0 fully saturated rings. The number of anilines is 6. The molecule has 4 aromatic heterocycles. The first-order valence-corrected chi connectivity index (χ1v) is 41.1. The quantitative estimate of drug-likeness (QED) is 0.102. The summed E-state index contributed by atoms with van der Waals surface area (Å²) < 4.78 is 18.2. The molecular formula is C114H72N4O2. The van der Waals surface area contributed by atoms with E-state index in [1.807, 2.05) is 6.07 Å². The predicted octanol–water partition coefficient (Wildman–Crippen LogP) is 32.1. The van der Waals surface area contributed by atoms with Gasteiger partial charge < -0.3 is 27.8 Å². The molecule has 0 saturated carbocycles. The first-order valence-electron chi connectivity index (χ1n) is 41.1. The topological polar surface area (TPSA) is 42.6 Å². The van der Waals surface area contributed by atoms with E-state index in [1.165, 1.54) is 75.9 Å². The maximum Gasteiger partial charge on any atom is 0.136 e. The average Bonchev–Trinajstić information content (AvgIpc) is 0.896. The van der Waals surface area contributed by atoms with Gasteiger partial charge in [0.2, 0.25) is 0 Å². The fourth-order valence-corrected chi connectivity index (χ4v) is 19.2. The van der Waals surface area contributed by atoms with E-state index >= 15 is 0 Å². The van der Waals surface area contributed by atoms with Gasteiger partial charge in [0.1, 0.15) is 22.3 Å². The van der Waals surface area contributed by atoms with Crippen molar-refractivity contribution in [3.63, 3.8) is 0 Å². The standard InChI is InChI=1S/C114H72N4O2/c1-2-22-77(23-3-1)89-28-6-12-38-104(89)116(83-58-48-74(49-59-83)76-52-62-85(63-53-76)118-107-41-15-9-33-98(107)99-34-10-16-42-108(99)118)87-27-19-25-81(69-87)91-37-21-45-111-114(91)101-66-55-79(71-112(101)120-111)78-54-65-94-95-67-64-88(72-103(95)93-30-5-4-29-92(93)102(94)70-78)115(86-26-18-24-80(68-86)90-36-20-44-110-113(90)100-35-11-17-43-109(100)119-110)82-56-46-73(47-57-82)75-50-60-84(61-51-75)117-105-39-13-7-31-96(105)97-32-8-14-40-106(97)117/h1-72H. The molecule has 0 atom stereocenters. The van der Waals surface area contributed by atoms with Crippen LogP contribution in [0.25, 0.3) is 198 Å². The molecule has 560 valence electrons. The van der Waals surface area contributed by atoms with Crippen LogP contribution in [0.5, 0.6) is 0 Å². The highest BCUT2D eigenvalue weighted by Gasteiger charge is 2.24. The van der Waals surface area contributed by atoms with E-state index in [0.29, 0.717) is 0 Å². The van der Waals surface area contributed by atoms with Crippen LogP contribution in [0.4, 0.5) is 34.1 Å². The van der Waals surface area contributed by atoms with Gasteiger partial charge in [0.05, 0.1) is 27.8 Å². The summed E-state index contributed by atoms with van der Waals surface area (Å²) in [6.07, 6.45) is 0. The van der Waals surface area contributed by atoms with Crippen molar-refractivity contribution in [2.24, 2.45) is 0 Å². The molecule has 0 radical (unpaired) electrons. The van der Waals surface area contributed by atoms with Crippen molar-refractivity contribution in [1.82, 2.24) is 9.13 Å². The number of aromatic nitrogens is 2.